The molecule has 0 unspecified atom stereocenters. The van der Waals surface area contributed by atoms with Gasteiger partial charge in [0, 0.05) is 29.1 Å². The minimum absolute atomic E-state index is 0.307. The fourth-order valence-electron chi connectivity index (χ4n) is 3.40. The van der Waals surface area contributed by atoms with Gasteiger partial charge >= 0.3 is 0 Å². The van der Waals surface area contributed by atoms with Gasteiger partial charge in [0.1, 0.15) is 0 Å². The molecule has 0 saturated carbocycles. The third-order valence-corrected chi connectivity index (χ3v) is 8.11. The van der Waals surface area contributed by atoms with Crippen LogP contribution in [0.2, 0.25) is 5.02 Å². The number of rotatable bonds is 6. The van der Waals surface area contributed by atoms with E-state index in [4.69, 9.17) is 11.6 Å². The van der Waals surface area contributed by atoms with Gasteiger partial charge in [-0.25, -0.2) is 13.4 Å². The molecule has 1 saturated heterocycles. The summed E-state index contributed by atoms with van der Waals surface area (Å²) < 4.78 is 27.7. The molecule has 6 nitrogen and oxygen atoms in total. The molecule has 0 bridgehead atoms. The summed E-state index contributed by atoms with van der Waals surface area (Å²) in [6, 6.07) is 14.4. The second kappa shape index (κ2) is 9.48. The van der Waals surface area contributed by atoms with Crippen LogP contribution in [0, 0.1) is 5.92 Å². The number of hydrogen-bond acceptors (Lipinski definition) is 6. The van der Waals surface area contributed by atoms with Gasteiger partial charge in [0.2, 0.25) is 15.2 Å². The minimum atomic E-state index is -3.50. The maximum Gasteiger partial charge on any atom is 0.243 e. The zero-order valence-corrected chi connectivity index (χ0v) is 19.4. The molecule has 0 aliphatic carbocycles. The molecular weight excluding hydrogens is 452 g/mol. The highest BCUT2D eigenvalue weighted by atomic mass is 35.5. The van der Waals surface area contributed by atoms with Crippen LogP contribution in [0.15, 0.2) is 63.9 Å². The Morgan fingerprint density at radius 3 is 2.74 bits per heavy atom. The molecule has 2 heterocycles. The molecule has 1 N–H and O–H groups in total. The van der Waals surface area contributed by atoms with E-state index in [1.165, 1.54) is 11.3 Å². The molecule has 1 fully saturated rings. The van der Waals surface area contributed by atoms with Gasteiger partial charge in [-0.3, -0.25) is 5.43 Å². The Morgan fingerprint density at radius 2 is 1.97 bits per heavy atom. The zero-order valence-electron chi connectivity index (χ0n) is 17.0. The number of sulfonamides is 1. The van der Waals surface area contributed by atoms with E-state index in [1.807, 2.05) is 29.6 Å². The fraction of sp³-hybridized carbons (Fsp3) is 0.273. The average Bonchev–Trinajstić information content (AvgIpc) is 3.23. The van der Waals surface area contributed by atoms with Gasteiger partial charge in [0.25, 0.3) is 0 Å². The van der Waals surface area contributed by atoms with Crippen molar-refractivity contribution in [3.8, 4) is 11.3 Å². The monoisotopic (exact) mass is 474 g/mol. The molecule has 2 aromatic carbocycles. The first-order chi connectivity index (χ1) is 14.9. The average molecular weight is 475 g/mol. The standard InChI is InChI=1S/C22H23ClN4O2S2/c1-16-8-10-27(11-9-16)31(28,29)20-7-3-5-18(13-20)21-15-30-22(25-21)26-24-14-17-4-2-6-19(23)12-17/h2-7,12-16H,8-11H2,1H3,(H,25,26). The van der Waals surface area contributed by atoms with E-state index in [1.54, 1.807) is 34.8 Å². The predicted octanol–water partition coefficient (Wildman–Crippen LogP) is 5.33. The fourth-order valence-corrected chi connectivity index (χ4v) is 5.78. The van der Waals surface area contributed by atoms with Gasteiger partial charge < -0.3 is 0 Å². The van der Waals surface area contributed by atoms with Crippen LogP contribution in [0.3, 0.4) is 0 Å². The van der Waals surface area contributed by atoms with Gasteiger partial charge in [-0.2, -0.15) is 9.41 Å². The summed E-state index contributed by atoms with van der Waals surface area (Å²) in [4.78, 5) is 4.84. The number of piperidine rings is 1. The normalized spacial score (nSPS) is 16.1. The van der Waals surface area contributed by atoms with Crippen LogP contribution in [0.1, 0.15) is 25.3 Å². The first kappa shape index (κ1) is 22.0. The molecule has 1 aliphatic heterocycles. The lowest BCUT2D eigenvalue weighted by Gasteiger charge is -2.29. The number of anilines is 1. The SMILES string of the molecule is CC1CCN(S(=O)(=O)c2cccc(-c3csc(NN=Cc4cccc(Cl)c4)n3)c2)CC1. The maximum atomic E-state index is 13.0. The molecule has 3 aromatic rings. The van der Waals surface area contributed by atoms with E-state index < -0.39 is 10.0 Å². The molecule has 4 rings (SSSR count). The van der Waals surface area contributed by atoms with E-state index in [0.29, 0.717) is 39.8 Å². The van der Waals surface area contributed by atoms with Crippen LogP contribution in [0.25, 0.3) is 11.3 Å². The Morgan fingerprint density at radius 1 is 1.19 bits per heavy atom. The summed E-state index contributed by atoms with van der Waals surface area (Å²) >= 11 is 7.38. The van der Waals surface area contributed by atoms with E-state index in [2.05, 4.69) is 22.4 Å². The van der Waals surface area contributed by atoms with Crippen LogP contribution < -0.4 is 5.43 Å². The molecule has 31 heavy (non-hydrogen) atoms. The summed E-state index contributed by atoms with van der Waals surface area (Å²) in [7, 11) is -3.50. The van der Waals surface area contributed by atoms with Crippen molar-refractivity contribution in [1.29, 1.82) is 0 Å². The molecule has 0 amide bonds. The van der Waals surface area contributed by atoms with E-state index >= 15 is 0 Å². The second-order valence-electron chi connectivity index (χ2n) is 7.58. The third-order valence-electron chi connectivity index (χ3n) is 5.24. The van der Waals surface area contributed by atoms with E-state index in [-0.39, 0.29) is 0 Å². The van der Waals surface area contributed by atoms with Crippen molar-refractivity contribution in [3.63, 3.8) is 0 Å². The molecule has 0 spiro atoms. The number of hydrazone groups is 1. The van der Waals surface area contributed by atoms with Crippen LogP contribution in [0.5, 0.6) is 0 Å². The lowest BCUT2D eigenvalue weighted by atomic mass is 10.0. The number of benzene rings is 2. The van der Waals surface area contributed by atoms with Crippen molar-refractivity contribution in [3.05, 3.63) is 64.5 Å². The quantitative estimate of drug-likeness (QED) is 0.387. The summed E-state index contributed by atoms with van der Waals surface area (Å²) in [5, 5.41) is 7.34. The number of thiazole rings is 1. The van der Waals surface area contributed by atoms with Crippen LogP contribution >= 0.6 is 22.9 Å². The van der Waals surface area contributed by atoms with E-state index in [0.717, 1.165) is 24.0 Å². The van der Waals surface area contributed by atoms with Crippen molar-refractivity contribution < 1.29 is 8.42 Å². The third kappa shape index (κ3) is 5.33. The van der Waals surface area contributed by atoms with Crippen molar-refractivity contribution in [2.45, 2.75) is 24.7 Å². The number of aromatic nitrogens is 1. The summed E-state index contributed by atoms with van der Waals surface area (Å²) in [5.74, 6) is 0.570. The van der Waals surface area contributed by atoms with Gasteiger partial charge in [0.15, 0.2) is 0 Å². The van der Waals surface area contributed by atoms with Gasteiger partial charge in [0.05, 0.1) is 16.8 Å². The molecular formula is C22H23ClN4O2S2. The van der Waals surface area contributed by atoms with Crippen molar-refractivity contribution in [1.82, 2.24) is 9.29 Å². The predicted molar refractivity (Wildman–Crippen MR) is 127 cm³/mol. The molecule has 0 radical (unpaired) electrons. The van der Waals surface area contributed by atoms with Crippen molar-refractivity contribution in [2.75, 3.05) is 18.5 Å². The van der Waals surface area contributed by atoms with Gasteiger partial charge in [-0.15, -0.1) is 11.3 Å². The van der Waals surface area contributed by atoms with E-state index in [9.17, 15) is 8.42 Å². The summed E-state index contributed by atoms with van der Waals surface area (Å²) in [6.45, 7) is 3.31. The number of halogens is 1. The smallest absolute Gasteiger partial charge is 0.243 e. The van der Waals surface area contributed by atoms with Crippen LogP contribution in [-0.2, 0) is 10.0 Å². The Balaban J connectivity index is 1.48. The molecule has 9 heteroatoms. The van der Waals surface area contributed by atoms with Gasteiger partial charge in [-0.05, 0) is 48.6 Å². The first-order valence-corrected chi connectivity index (χ1v) is 12.7. The Kier molecular flexibility index (Phi) is 6.71. The Hall–Kier alpha value is -2.26. The number of nitrogens with one attached hydrogen (secondary N) is 1. The topological polar surface area (TPSA) is 74.7 Å². The lowest BCUT2D eigenvalue weighted by Crippen LogP contribution is -2.37. The molecule has 0 atom stereocenters. The highest BCUT2D eigenvalue weighted by molar-refractivity contribution is 7.89. The Bertz CT molecular complexity index is 1190. The largest absolute Gasteiger partial charge is 0.253 e. The summed E-state index contributed by atoms with van der Waals surface area (Å²) in [5.41, 5.74) is 5.25. The number of nitrogens with zero attached hydrogens (tertiary/aromatic N) is 3. The first-order valence-electron chi connectivity index (χ1n) is 10.0. The number of hydrogen-bond donors (Lipinski definition) is 1. The van der Waals surface area contributed by atoms with Crippen molar-refractivity contribution in [2.24, 2.45) is 11.0 Å². The zero-order chi connectivity index (χ0) is 21.8. The van der Waals surface area contributed by atoms with Crippen molar-refractivity contribution >= 4 is 44.3 Å². The molecule has 1 aliphatic rings. The lowest BCUT2D eigenvalue weighted by molar-refractivity contribution is 0.288. The van der Waals surface area contributed by atoms with Crippen LogP contribution in [0.4, 0.5) is 5.13 Å². The maximum absolute atomic E-state index is 13.0. The van der Waals surface area contributed by atoms with Crippen LogP contribution in [-0.4, -0.2) is 37.0 Å². The molecule has 1 aromatic heterocycles. The Labute approximate surface area is 191 Å². The molecule has 162 valence electrons. The minimum Gasteiger partial charge on any atom is -0.253 e. The summed E-state index contributed by atoms with van der Waals surface area (Å²) in [6.07, 6.45) is 3.46. The highest BCUT2D eigenvalue weighted by Crippen LogP contribution is 2.29. The highest BCUT2D eigenvalue weighted by Gasteiger charge is 2.28. The van der Waals surface area contributed by atoms with Gasteiger partial charge in [-0.1, -0.05) is 42.8 Å². The second-order valence-corrected chi connectivity index (χ2v) is 10.8.